The van der Waals surface area contributed by atoms with Gasteiger partial charge in [0.15, 0.2) is 0 Å². The van der Waals surface area contributed by atoms with Gasteiger partial charge in [-0.3, -0.25) is 4.79 Å². The SMILES string of the molecule is COc1ccc(NC(=O)NCCC(=O)N2CCN(S(=O)(=O)c3ccccc3Cl)CC2)cc1. The van der Waals surface area contributed by atoms with Gasteiger partial charge in [-0.05, 0) is 36.4 Å². The summed E-state index contributed by atoms with van der Waals surface area (Å²) in [6, 6.07) is 12.7. The molecule has 1 aliphatic rings. The van der Waals surface area contributed by atoms with E-state index in [2.05, 4.69) is 10.6 Å². The third-order valence-corrected chi connectivity index (χ3v) is 7.42. The molecule has 1 heterocycles. The summed E-state index contributed by atoms with van der Waals surface area (Å²) in [7, 11) is -2.15. The largest absolute Gasteiger partial charge is 0.497 e. The molecule has 3 amide bonds. The second kappa shape index (κ2) is 10.7. The van der Waals surface area contributed by atoms with E-state index in [1.165, 1.54) is 16.4 Å². The summed E-state index contributed by atoms with van der Waals surface area (Å²) < 4.78 is 32.0. The van der Waals surface area contributed by atoms with Gasteiger partial charge in [0.1, 0.15) is 10.6 Å². The number of halogens is 1. The minimum Gasteiger partial charge on any atom is -0.497 e. The van der Waals surface area contributed by atoms with Crippen molar-refractivity contribution in [1.82, 2.24) is 14.5 Å². The molecule has 172 valence electrons. The number of hydrogen-bond donors (Lipinski definition) is 2. The van der Waals surface area contributed by atoms with Crippen molar-refractivity contribution in [2.75, 3.05) is 45.2 Å². The van der Waals surface area contributed by atoms with Gasteiger partial charge in [-0.1, -0.05) is 23.7 Å². The molecule has 0 atom stereocenters. The maximum atomic E-state index is 12.8. The Bertz CT molecular complexity index is 1050. The number of nitrogens with one attached hydrogen (secondary N) is 2. The Morgan fingerprint density at radius 1 is 1.03 bits per heavy atom. The van der Waals surface area contributed by atoms with Gasteiger partial charge in [-0.15, -0.1) is 0 Å². The Morgan fingerprint density at radius 2 is 1.69 bits per heavy atom. The third-order valence-electron chi connectivity index (χ3n) is 5.02. The molecule has 0 aliphatic carbocycles. The second-order valence-electron chi connectivity index (χ2n) is 7.07. The lowest BCUT2D eigenvalue weighted by molar-refractivity contribution is -0.132. The quantitative estimate of drug-likeness (QED) is 0.632. The molecule has 0 unspecified atom stereocenters. The van der Waals surface area contributed by atoms with Crippen LogP contribution in [0.2, 0.25) is 5.02 Å². The van der Waals surface area contributed by atoms with Gasteiger partial charge in [0.2, 0.25) is 15.9 Å². The fourth-order valence-corrected chi connectivity index (χ4v) is 5.18. The first-order valence-electron chi connectivity index (χ1n) is 10.0. The van der Waals surface area contributed by atoms with E-state index in [4.69, 9.17) is 16.3 Å². The van der Waals surface area contributed by atoms with Crippen LogP contribution in [0.5, 0.6) is 5.75 Å². The number of urea groups is 1. The monoisotopic (exact) mass is 480 g/mol. The standard InChI is InChI=1S/C21H25ClN4O5S/c1-31-17-8-6-16(7-9-17)24-21(28)23-11-10-20(27)25-12-14-26(15-13-25)32(29,30)19-5-3-2-4-18(19)22/h2-9H,10-15H2,1H3,(H2,23,24,28). The molecule has 0 radical (unpaired) electrons. The van der Waals surface area contributed by atoms with Crippen molar-refractivity contribution in [2.45, 2.75) is 11.3 Å². The minimum absolute atomic E-state index is 0.0634. The Balaban J connectivity index is 1.42. The van der Waals surface area contributed by atoms with E-state index in [0.717, 1.165) is 0 Å². The third kappa shape index (κ3) is 5.90. The highest BCUT2D eigenvalue weighted by Crippen LogP contribution is 2.25. The summed E-state index contributed by atoms with van der Waals surface area (Å²) >= 11 is 6.04. The van der Waals surface area contributed by atoms with Crippen LogP contribution in [-0.2, 0) is 14.8 Å². The smallest absolute Gasteiger partial charge is 0.319 e. The van der Waals surface area contributed by atoms with Gasteiger partial charge in [0.05, 0.1) is 12.1 Å². The molecule has 32 heavy (non-hydrogen) atoms. The molecular formula is C21H25ClN4O5S. The number of amides is 3. The van der Waals surface area contributed by atoms with Crippen molar-refractivity contribution in [1.29, 1.82) is 0 Å². The van der Waals surface area contributed by atoms with Gasteiger partial charge in [-0.25, -0.2) is 13.2 Å². The molecule has 2 aromatic rings. The average molecular weight is 481 g/mol. The highest BCUT2D eigenvalue weighted by Gasteiger charge is 2.31. The molecule has 11 heteroatoms. The summed E-state index contributed by atoms with van der Waals surface area (Å²) in [6.07, 6.45) is 0.118. The zero-order chi connectivity index (χ0) is 23.1. The summed E-state index contributed by atoms with van der Waals surface area (Å²) in [5.41, 5.74) is 0.602. The van der Waals surface area contributed by atoms with Crippen molar-refractivity contribution in [2.24, 2.45) is 0 Å². The van der Waals surface area contributed by atoms with E-state index < -0.39 is 16.1 Å². The maximum Gasteiger partial charge on any atom is 0.319 e. The lowest BCUT2D eigenvalue weighted by atomic mass is 10.3. The fraction of sp³-hybridized carbons (Fsp3) is 0.333. The van der Waals surface area contributed by atoms with Crippen LogP contribution in [0.25, 0.3) is 0 Å². The maximum absolute atomic E-state index is 12.8. The van der Waals surface area contributed by atoms with Gasteiger partial charge < -0.3 is 20.3 Å². The van der Waals surface area contributed by atoms with Crippen molar-refractivity contribution in [3.63, 3.8) is 0 Å². The zero-order valence-corrected chi connectivity index (χ0v) is 19.2. The Morgan fingerprint density at radius 3 is 2.31 bits per heavy atom. The van der Waals surface area contributed by atoms with E-state index in [0.29, 0.717) is 11.4 Å². The van der Waals surface area contributed by atoms with Crippen molar-refractivity contribution >= 4 is 39.2 Å². The number of rotatable bonds is 7. The Hall–Kier alpha value is -2.82. The molecule has 0 saturated carbocycles. The molecule has 1 aliphatic heterocycles. The predicted molar refractivity (Wildman–Crippen MR) is 121 cm³/mol. The van der Waals surface area contributed by atoms with Crippen LogP contribution in [-0.4, -0.2) is 69.4 Å². The number of ether oxygens (including phenoxy) is 1. The number of anilines is 1. The molecule has 2 N–H and O–H groups in total. The Kier molecular flexibility index (Phi) is 7.94. The summed E-state index contributed by atoms with van der Waals surface area (Å²) in [4.78, 5) is 26.1. The molecular weight excluding hydrogens is 456 g/mol. The van der Waals surface area contributed by atoms with Gasteiger partial charge in [0.25, 0.3) is 0 Å². The molecule has 0 aromatic heterocycles. The van der Waals surface area contributed by atoms with Crippen molar-refractivity contribution < 1.29 is 22.7 Å². The average Bonchev–Trinajstić information content (AvgIpc) is 2.79. The van der Waals surface area contributed by atoms with Gasteiger partial charge in [-0.2, -0.15) is 4.31 Å². The number of nitrogens with zero attached hydrogens (tertiary/aromatic N) is 2. The summed E-state index contributed by atoms with van der Waals surface area (Å²) in [5.74, 6) is 0.533. The van der Waals surface area contributed by atoms with Gasteiger partial charge >= 0.3 is 6.03 Å². The fourth-order valence-electron chi connectivity index (χ4n) is 3.26. The highest BCUT2D eigenvalue weighted by atomic mass is 35.5. The lowest BCUT2D eigenvalue weighted by Gasteiger charge is -2.34. The van der Waals surface area contributed by atoms with Crippen LogP contribution in [0.1, 0.15) is 6.42 Å². The first kappa shape index (κ1) is 23.8. The van der Waals surface area contributed by atoms with E-state index in [-0.39, 0.29) is 55.0 Å². The lowest BCUT2D eigenvalue weighted by Crippen LogP contribution is -2.51. The van der Waals surface area contributed by atoms with E-state index in [1.807, 2.05) is 0 Å². The number of piperazine rings is 1. The minimum atomic E-state index is -3.71. The number of carbonyl (C=O) groups excluding carboxylic acids is 2. The van der Waals surface area contributed by atoms with E-state index in [1.54, 1.807) is 48.4 Å². The van der Waals surface area contributed by atoms with Crippen molar-refractivity contribution in [3.05, 3.63) is 53.6 Å². The van der Waals surface area contributed by atoms with Crippen LogP contribution in [0.4, 0.5) is 10.5 Å². The highest BCUT2D eigenvalue weighted by molar-refractivity contribution is 7.89. The number of methoxy groups -OCH3 is 1. The number of benzene rings is 2. The number of hydrogen-bond acceptors (Lipinski definition) is 5. The normalized spacial score (nSPS) is 14.6. The molecule has 1 fully saturated rings. The van der Waals surface area contributed by atoms with E-state index >= 15 is 0 Å². The van der Waals surface area contributed by atoms with Gasteiger partial charge in [0, 0.05) is 44.8 Å². The zero-order valence-electron chi connectivity index (χ0n) is 17.6. The first-order chi connectivity index (χ1) is 15.3. The molecule has 0 bridgehead atoms. The number of sulfonamides is 1. The summed E-state index contributed by atoms with van der Waals surface area (Å²) in [5, 5.41) is 5.49. The van der Waals surface area contributed by atoms with Crippen LogP contribution in [0.3, 0.4) is 0 Å². The van der Waals surface area contributed by atoms with Crippen LogP contribution < -0.4 is 15.4 Å². The molecule has 1 saturated heterocycles. The van der Waals surface area contributed by atoms with Crippen molar-refractivity contribution in [3.8, 4) is 5.75 Å². The predicted octanol–water partition coefficient (Wildman–Crippen LogP) is 2.39. The van der Waals surface area contributed by atoms with Crippen LogP contribution in [0, 0.1) is 0 Å². The first-order valence-corrected chi connectivity index (χ1v) is 11.8. The molecule has 2 aromatic carbocycles. The molecule has 9 nitrogen and oxygen atoms in total. The topological polar surface area (TPSA) is 108 Å². The Labute approximate surface area is 192 Å². The number of carbonyl (C=O) groups is 2. The molecule has 3 rings (SSSR count). The molecule has 0 spiro atoms. The van der Waals surface area contributed by atoms with E-state index in [9.17, 15) is 18.0 Å². The summed E-state index contributed by atoms with van der Waals surface area (Å²) in [6.45, 7) is 1.09. The van der Waals surface area contributed by atoms with Crippen LogP contribution >= 0.6 is 11.6 Å². The second-order valence-corrected chi connectivity index (χ2v) is 9.39. The van der Waals surface area contributed by atoms with Crippen LogP contribution in [0.15, 0.2) is 53.4 Å².